The minimum Gasteiger partial charge on any atom is -0.203 e. The van der Waals surface area contributed by atoms with E-state index in [0.717, 1.165) is 12.1 Å². The van der Waals surface area contributed by atoms with Gasteiger partial charge < -0.3 is 0 Å². The largest absolute Gasteiger partial charge is 0.203 e. The van der Waals surface area contributed by atoms with Crippen LogP contribution < -0.4 is 0 Å². The maximum Gasteiger partial charge on any atom is 0.170 e. The molecular weight excluding hydrogens is 296 g/mol. The molecule has 2 radical (unpaired) electrons. The van der Waals surface area contributed by atoms with Crippen LogP contribution in [0.15, 0.2) is 0 Å². The maximum atomic E-state index is 13.4. The van der Waals surface area contributed by atoms with Crippen LogP contribution in [0.5, 0.6) is 0 Å². The number of hydrogen-bond acceptors (Lipinski definition) is 0. The molecule has 104 valence electrons. The Morgan fingerprint density at radius 1 is 0.400 bits per heavy atom. The van der Waals surface area contributed by atoms with Crippen molar-refractivity contribution in [1.82, 2.24) is 0 Å². The van der Waals surface area contributed by atoms with Crippen LogP contribution in [0.2, 0.25) is 0 Å². The molecule has 2 aromatic rings. The van der Waals surface area contributed by atoms with Crippen LogP contribution in [0.3, 0.4) is 0 Å². The minimum atomic E-state index is -2.24. The second kappa shape index (κ2) is 4.77. The van der Waals surface area contributed by atoms with Crippen LogP contribution in [0.4, 0.5) is 35.1 Å². The monoisotopic (exact) mass is 296 g/mol. The molecule has 0 saturated carbocycles. The maximum absolute atomic E-state index is 13.4. The smallest absolute Gasteiger partial charge is 0.170 e. The molecule has 0 amide bonds. The molecule has 0 aliphatic rings. The van der Waals surface area contributed by atoms with Gasteiger partial charge in [0.1, 0.15) is 0 Å². The molecule has 0 nitrogen and oxygen atoms in total. The van der Waals surface area contributed by atoms with Gasteiger partial charge >= 0.3 is 0 Å². The number of rotatable bonds is 1. The minimum absolute atomic E-state index is 0.961. The van der Waals surface area contributed by atoms with Crippen molar-refractivity contribution in [2.24, 2.45) is 0 Å². The number of benzene rings is 2. The molecule has 0 heterocycles. The zero-order chi connectivity index (χ0) is 15.2. The van der Waals surface area contributed by atoms with Gasteiger partial charge in [0.05, 0.1) is 23.3 Å². The fourth-order valence-corrected chi connectivity index (χ4v) is 1.48. The molecular formula is C12F8. The second-order valence-corrected chi connectivity index (χ2v) is 3.51. The quantitative estimate of drug-likeness (QED) is 0.550. The number of hydrogen-bond donors (Lipinski definition) is 0. The Labute approximate surface area is 106 Å². The first-order chi connectivity index (χ1) is 9.25. The highest BCUT2D eigenvalue weighted by molar-refractivity contribution is 5.66. The average Bonchev–Trinajstić information content (AvgIpc) is 2.38. The van der Waals surface area contributed by atoms with Crippen LogP contribution in [-0.2, 0) is 0 Å². The molecule has 0 aliphatic carbocycles. The molecule has 0 saturated heterocycles. The Hall–Kier alpha value is -2.12. The Bertz CT molecular complexity index is 594. The predicted octanol–water partition coefficient (Wildman–Crippen LogP) is 4.07. The van der Waals surface area contributed by atoms with Crippen molar-refractivity contribution in [3.05, 3.63) is 58.7 Å². The summed E-state index contributed by atoms with van der Waals surface area (Å²) in [6.45, 7) is 0. The van der Waals surface area contributed by atoms with Crippen molar-refractivity contribution in [1.29, 1.82) is 0 Å². The van der Waals surface area contributed by atoms with Gasteiger partial charge in [0, 0.05) is 0 Å². The first-order valence-electron chi connectivity index (χ1n) is 4.76. The Morgan fingerprint density at radius 3 is 0.800 bits per heavy atom. The van der Waals surface area contributed by atoms with E-state index in [0.29, 0.717) is 0 Å². The molecule has 0 aliphatic heterocycles. The molecule has 0 bridgehead atoms. The zero-order valence-corrected chi connectivity index (χ0v) is 9.02. The molecule has 8 heteroatoms. The van der Waals surface area contributed by atoms with Gasteiger partial charge in [0.2, 0.25) is 0 Å². The molecule has 0 unspecified atom stereocenters. The summed E-state index contributed by atoms with van der Waals surface area (Å²) < 4.78 is 105. The van der Waals surface area contributed by atoms with Crippen molar-refractivity contribution in [3.63, 3.8) is 0 Å². The summed E-state index contributed by atoms with van der Waals surface area (Å²) in [5.41, 5.74) is -3.83. The standard InChI is InChI=1S/C12F8/c13-3-1-4(14)10(18)7(9(3)17)8-11(19)5(15)2-6(16)12(8)20. The van der Waals surface area contributed by atoms with E-state index in [1.807, 2.05) is 0 Å². The predicted molar refractivity (Wildman–Crippen MR) is 49.2 cm³/mol. The summed E-state index contributed by atoms with van der Waals surface area (Å²) in [6.07, 6.45) is 0. The average molecular weight is 296 g/mol. The first kappa shape index (κ1) is 14.3. The van der Waals surface area contributed by atoms with Gasteiger partial charge in [-0.3, -0.25) is 0 Å². The van der Waals surface area contributed by atoms with Gasteiger partial charge in [0.25, 0.3) is 0 Å². The van der Waals surface area contributed by atoms with E-state index in [2.05, 4.69) is 0 Å². The third-order valence-corrected chi connectivity index (χ3v) is 2.34. The van der Waals surface area contributed by atoms with Gasteiger partial charge in [-0.25, -0.2) is 35.1 Å². The van der Waals surface area contributed by atoms with E-state index in [1.54, 1.807) is 0 Å². The molecule has 0 aromatic heterocycles. The molecule has 0 fully saturated rings. The van der Waals surface area contributed by atoms with Crippen molar-refractivity contribution in [2.75, 3.05) is 0 Å². The third kappa shape index (κ3) is 2.00. The van der Waals surface area contributed by atoms with E-state index in [9.17, 15) is 35.1 Å². The zero-order valence-electron chi connectivity index (χ0n) is 9.02. The van der Waals surface area contributed by atoms with Crippen LogP contribution in [-0.4, -0.2) is 0 Å². The van der Waals surface area contributed by atoms with E-state index in [1.165, 1.54) is 0 Å². The SMILES string of the molecule is Fc1[c]c(F)c(F)c(-c2c(F)c(F)[c]c(F)c2F)c1F. The fourth-order valence-electron chi connectivity index (χ4n) is 1.48. The highest BCUT2D eigenvalue weighted by Crippen LogP contribution is 2.34. The molecule has 0 N–H and O–H groups in total. The lowest BCUT2D eigenvalue weighted by atomic mass is 10.0. The Morgan fingerprint density at radius 2 is 0.600 bits per heavy atom. The van der Waals surface area contributed by atoms with E-state index < -0.39 is 57.7 Å². The Balaban J connectivity index is 2.96. The number of halogens is 8. The first-order valence-corrected chi connectivity index (χ1v) is 4.76. The lowest BCUT2D eigenvalue weighted by molar-refractivity contribution is 0.439. The van der Waals surface area contributed by atoms with Crippen molar-refractivity contribution < 1.29 is 35.1 Å². The summed E-state index contributed by atoms with van der Waals surface area (Å²) in [6, 6.07) is 1.92. The second-order valence-electron chi connectivity index (χ2n) is 3.51. The summed E-state index contributed by atoms with van der Waals surface area (Å²) >= 11 is 0. The van der Waals surface area contributed by atoms with E-state index >= 15 is 0 Å². The molecule has 20 heavy (non-hydrogen) atoms. The lowest BCUT2D eigenvalue weighted by Crippen LogP contribution is -2.05. The van der Waals surface area contributed by atoms with E-state index in [4.69, 9.17) is 0 Å². The fraction of sp³-hybridized carbons (Fsp3) is 0. The van der Waals surface area contributed by atoms with Gasteiger partial charge in [-0.05, 0) is 0 Å². The summed E-state index contributed by atoms with van der Waals surface area (Å²) in [5.74, 6) is -17.4. The van der Waals surface area contributed by atoms with E-state index in [-0.39, 0.29) is 0 Å². The van der Waals surface area contributed by atoms with Crippen molar-refractivity contribution in [2.45, 2.75) is 0 Å². The third-order valence-electron chi connectivity index (χ3n) is 2.34. The highest BCUT2D eigenvalue weighted by atomic mass is 19.2. The molecule has 2 aromatic carbocycles. The van der Waals surface area contributed by atoms with Crippen molar-refractivity contribution >= 4 is 0 Å². The van der Waals surface area contributed by atoms with Gasteiger partial charge in [-0.15, -0.1) is 0 Å². The van der Waals surface area contributed by atoms with Gasteiger partial charge in [-0.2, -0.15) is 0 Å². The molecule has 2 rings (SSSR count). The summed E-state index contributed by atoms with van der Waals surface area (Å²) in [7, 11) is 0. The molecule has 0 atom stereocenters. The van der Waals surface area contributed by atoms with Crippen molar-refractivity contribution in [3.8, 4) is 11.1 Å². The summed E-state index contributed by atoms with van der Waals surface area (Å²) in [5, 5.41) is 0. The van der Waals surface area contributed by atoms with Crippen LogP contribution >= 0.6 is 0 Å². The molecule has 0 spiro atoms. The van der Waals surface area contributed by atoms with Crippen LogP contribution in [0, 0.1) is 58.7 Å². The van der Waals surface area contributed by atoms with Crippen LogP contribution in [0.25, 0.3) is 11.1 Å². The summed E-state index contributed by atoms with van der Waals surface area (Å²) in [4.78, 5) is 0. The van der Waals surface area contributed by atoms with Gasteiger partial charge in [-0.1, -0.05) is 0 Å². The highest BCUT2D eigenvalue weighted by Gasteiger charge is 2.29. The normalized spacial score (nSPS) is 11.0. The van der Waals surface area contributed by atoms with Crippen LogP contribution in [0.1, 0.15) is 0 Å². The Kier molecular flexibility index (Phi) is 3.41. The topological polar surface area (TPSA) is 0 Å². The van der Waals surface area contributed by atoms with Gasteiger partial charge in [0.15, 0.2) is 46.5 Å². The lowest BCUT2D eigenvalue weighted by Gasteiger charge is -2.10.